The van der Waals surface area contributed by atoms with E-state index < -0.39 is 11.5 Å². The number of aryl methyl sites for hydroxylation is 1. The van der Waals surface area contributed by atoms with Crippen molar-refractivity contribution in [1.29, 1.82) is 0 Å². The number of benzene rings is 2. The van der Waals surface area contributed by atoms with Gasteiger partial charge in [0.15, 0.2) is 0 Å². The molecule has 1 aromatic heterocycles. The summed E-state index contributed by atoms with van der Waals surface area (Å²) in [6.45, 7) is 0.180. The third kappa shape index (κ3) is 3.18. The van der Waals surface area contributed by atoms with Gasteiger partial charge in [0.25, 0.3) is 12.4 Å². The lowest BCUT2D eigenvalue weighted by molar-refractivity contribution is -0.123. The van der Waals surface area contributed by atoms with Crippen LogP contribution < -0.4 is 5.32 Å². The van der Waals surface area contributed by atoms with Crippen LogP contribution in [-0.4, -0.2) is 49.5 Å². The van der Waals surface area contributed by atoms with Crippen molar-refractivity contribution in [3.05, 3.63) is 77.9 Å². The Hall–Kier alpha value is -4.14. The van der Waals surface area contributed by atoms with Crippen LogP contribution >= 0.6 is 0 Å². The molecule has 2 unspecified atom stereocenters. The van der Waals surface area contributed by atoms with Crippen molar-refractivity contribution in [1.82, 2.24) is 14.5 Å². The molecule has 0 aliphatic carbocycles. The summed E-state index contributed by atoms with van der Waals surface area (Å²) in [5.74, 6) is 0.477. The fourth-order valence-corrected chi connectivity index (χ4v) is 4.67. The molecular formula is C23H22N4O5. The van der Waals surface area contributed by atoms with Gasteiger partial charge in [-0.2, -0.15) is 0 Å². The van der Waals surface area contributed by atoms with E-state index in [9.17, 15) is 14.7 Å². The van der Waals surface area contributed by atoms with E-state index in [1.165, 1.54) is 12.1 Å². The summed E-state index contributed by atoms with van der Waals surface area (Å²) >= 11 is 0. The number of imidazole rings is 1. The molecule has 5 rings (SSSR count). The standard InChI is InChI=1S/C22H20N4O3.CH2O2/c1-25-13-11-23-19(25)18-22(16-4-2-3-5-17(16)24-21(22)29)10-12-26(18)20(28)14-6-8-15(27)9-7-14;2-1-3/h2-9,11,13,18,27H,10,12H2,1H3,(H,24,29);1H,(H,2,3). The first-order valence-electron chi connectivity index (χ1n) is 10.00. The van der Waals surface area contributed by atoms with Crippen LogP contribution in [0.3, 0.4) is 0 Å². The van der Waals surface area contributed by atoms with Gasteiger partial charge in [-0.25, -0.2) is 4.98 Å². The summed E-state index contributed by atoms with van der Waals surface area (Å²) < 4.78 is 1.86. The van der Waals surface area contributed by atoms with Crippen molar-refractivity contribution >= 4 is 24.0 Å². The Balaban J connectivity index is 0.000000775. The number of nitrogens with zero attached hydrogens (tertiary/aromatic N) is 3. The zero-order chi connectivity index (χ0) is 22.9. The quantitative estimate of drug-likeness (QED) is 0.532. The molecule has 2 amide bonds. The van der Waals surface area contributed by atoms with Gasteiger partial charge in [-0.15, -0.1) is 0 Å². The Labute approximate surface area is 183 Å². The number of para-hydroxylation sites is 1. The highest BCUT2D eigenvalue weighted by Gasteiger charge is 2.60. The van der Waals surface area contributed by atoms with Crippen molar-refractivity contribution in [3.8, 4) is 5.75 Å². The predicted molar refractivity (Wildman–Crippen MR) is 115 cm³/mol. The van der Waals surface area contributed by atoms with Crippen LogP contribution in [0.15, 0.2) is 60.9 Å². The molecule has 2 atom stereocenters. The fourth-order valence-electron chi connectivity index (χ4n) is 4.67. The number of amides is 2. The van der Waals surface area contributed by atoms with Gasteiger partial charge >= 0.3 is 0 Å². The molecule has 1 saturated heterocycles. The van der Waals surface area contributed by atoms with Gasteiger partial charge in [-0.1, -0.05) is 18.2 Å². The molecule has 9 heteroatoms. The number of aromatic nitrogens is 2. The number of fused-ring (bicyclic) bond motifs is 2. The number of carbonyl (C=O) groups excluding carboxylic acids is 2. The van der Waals surface area contributed by atoms with E-state index in [0.717, 1.165) is 11.3 Å². The second-order valence-electron chi connectivity index (χ2n) is 7.67. The highest BCUT2D eigenvalue weighted by Crippen LogP contribution is 2.54. The molecule has 32 heavy (non-hydrogen) atoms. The van der Waals surface area contributed by atoms with Crippen molar-refractivity contribution in [2.75, 3.05) is 11.9 Å². The van der Waals surface area contributed by atoms with E-state index in [2.05, 4.69) is 10.3 Å². The van der Waals surface area contributed by atoms with Crippen LogP contribution in [0.25, 0.3) is 0 Å². The molecule has 164 valence electrons. The van der Waals surface area contributed by atoms with E-state index in [-0.39, 0.29) is 24.0 Å². The Bertz CT molecular complexity index is 1170. The molecule has 0 saturated carbocycles. The SMILES string of the molecule is Cn1ccnc1C1N(C(=O)c2ccc(O)cc2)CCC12C(=O)Nc1ccccc12.O=CO. The minimum Gasteiger partial charge on any atom is -0.508 e. The van der Waals surface area contributed by atoms with Crippen LogP contribution in [0.1, 0.15) is 34.2 Å². The van der Waals surface area contributed by atoms with Gasteiger partial charge in [0, 0.05) is 37.2 Å². The van der Waals surface area contributed by atoms with E-state index in [1.54, 1.807) is 23.2 Å². The lowest BCUT2D eigenvalue weighted by atomic mass is 9.74. The average molecular weight is 434 g/mol. The van der Waals surface area contributed by atoms with E-state index in [0.29, 0.717) is 24.4 Å². The number of hydrogen-bond acceptors (Lipinski definition) is 5. The minimum absolute atomic E-state index is 0.101. The molecular weight excluding hydrogens is 412 g/mol. The maximum atomic E-state index is 13.4. The Kier molecular flexibility index (Phi) is 5.40. The number of anilines is 1. The van der Waals surface area contributed by atoms with Crippen LogP contribution in [0.2, 0.25) is 0 Å². The van der Waals surface area contributed by atoms with Gasteiger partial charge in [-0.3, -0.25) is 14.4 Å². The van der Waals surface area contributed by atoms with Crippen LogP contribution in [-0.2, 0) is 22.1 Å². The van der Waals surface area contributed by atoms with Crippen LogP contribution in [0.4, 0.5) is 5.69 Å². The summed E-state index contributed by atoms with van der Waals surface area (Å²) in [6, 6.07) is 13.3. The number of hydrogen-bond donors (Lipinski definition) is 3. The smallest absolute Gasteiger partial charge is 0.290 e. The summed E-state index contributed by atoms with van der Waals surface area (Å²) in [5, 5.41) is 19.5. The number of carboxylic acid groups (broad SMARTS) is 1. The van der Waals surface area contributed by atoms with Crippen LogP contribution in [0, 0.1) is 0 Å². The van der Waals surface area contributed by atoms with Crippen molar-refractivity contribution in [2.24, 2.45) is 7.05 Å². The third-order valence-corrected chi connectivity index (χ3v) is 6.06. The summed E-state index contributed by atoms with van der Waals surface area (Å²) in [5.41, 5.74) is 1.27. The summed E-state index contributed by atoms with van der Waals surface area (Å²) in [7, 11) is 1.87. The number of nitrogens with one attached hydrogen (secondary N) is 1. The third-order valence-electron chi connectivity index (χ3n) is 6.06. The lowest BCUT2D eigenvalue weighted by Crippen LogP contribution is -2.43. The maximum absolute atomic E-state index is 13.4. The Morgan fingerprint density at radius 3 is 2.56 bits per heavy atom. The number of likely N-dealkylation sites (tertiary alicyclic amines) is 1. The summed E-state index contributed by atoms with van der Waals surface area (Å²) in [4.78, 5) is 41.3. The normalized spacial score (nSPS) is 21.0. The van der Waals surface area contributed by atoms with Crippen molar-refractivity contribution < 1.29 is 24.6 Å². The molecule has 0 radical (unpaired) electrons. The van der Waals surface area contributed by atoms with E-state index >= 15 is 0 Å². The first-order chi connectivity index (χ1) is 15.4. The maximum Gasteiger partial charge on any atom is 0.290 e. The van der Waals surface area contributed by atoms with Gasteiger partial charge in [0.05, 0.1) is 0 Å². The fraction of sp³-hybridized carbons (Fsp3) is 0.217. The molecule has 2 aliphatic heterocycles. The molecule has 0 bridgehead atoms. The summed E-state index contributed by atoms with van der Waals surface area (Å²) in [6.07, 6.45) is 4.02. The second-order valence-corrected chi connectivity index (χ2v) is 7.67. The zero-order valence-electron chi connectivity index (χ0n) is 17.3. The second kappa shape index (κ2) is 8.18. The lowest BCUT2D eigenvalue weighted by Gasteiger charge is -2.33. The van der Waals surface area contributed by atoms with Crippen molar-refractivity contribution in [2.45, 2.75) is 17.9 Å². The highest BCUT2D eigenvalue weighted by atomic mass is 16.3. The number of aromatic hydroxyl groups is 1. The molecule has 1 fully saturated rings. The number of phenolic OH excluding ortho intramolecular Hbond substituents is 1. The number of carbonyl (C=O) groups is 3. The Morgan fingerprint density at radius 1 is 1.22 bits per heavy atom. The average Bonchev–Trinajstić information content (AvgIpc) is 3.45. The first-order valence-corrected chi connectivity index (χ1v) is 10.00. The van der Waals surface area contributed by atoms with Crippen molar-refractivity contribution in [3.63, 3.8) is 0 Å². The van der Waals surface area contributed by atoms with Crippen LogP contribution in [0.5, 0.6) is 5.75 Å². The zero-order valence-corrected chi connectivity index (χ0v) is 17.3. The molecule has 3 aromatic rings. The minimum atomic E-state index is -0.887. The van der Waals surface area contributed by atoms with Gasteiger partial charge in [0.2, 0.25) is 5.91 Å². The molecule has 3 N–H and O–H groups in total. The largest absolute Gasteiger partial charge is 0.508 e. The molecule has 2 aliphatic rings. The number of rotatable bonds is 2. The molecule has 9 nitrogen and oxygen atoms in total. The van der Waals surface area contributed by atoms with Gasteiger partial charge < -0.3 is 25.0 Å². The highest BCUT2D eigenvalue weighted by molar-refractivity contribution is 6.08. The topological polar surface area (TPSA) is 125 Å². The molecule has 1 spiro atoms. The van der Waals surface area contributed by atoms with Gasteiger partial charge in [-0.05, 0) is 42.3 Å². The van der Waals surface area contributed by atoms with Gasteiger partial charge in [0.1, 0.15) is 23.0 Å². The first kappa shape index (κ1) is 21.1. The Morgan fingerprint density at radius 2 is 1.91 bits per heavy atom. The van der Waals surface area contributed by atoms with E-state index in [4.69, 9.17) is 9.90 Å². The van der Waals surface area contributed by atoms with E-state index in [1.807, 2.05) is 42.1 Å². The molecule has 2 aromatic carbocycles. The number of phenols is 1. The molecule has 3 heterocycles. The predicted octanol–water partition coefficient (Wildman–Crippen LogP) is 2.30. The monoisotopic (exact) mass is 434 g/mol.